The van der Waals surface area contributed by atoms with E-state index in [2.05, 4.69) is 24.0 Å². The summed E-state index contributed by atoms with van der Waals surface area (Å²) in [6.45, 7) is 10.4. The molecule has 3 nitrogen and oxygen atoms in total. The van der Waals surface area contributed by atoms with E-state index in [-0.39, 0.29) is 6.10 Å². The zero-order valence-corrected chi connectivity index (χ0v) is 14.7. The van der Waals surface area contributed by atoms with E-state index in [1.807, 2.05) is 20.8 Å². The van der Waals surface area contributed by atoms with Gasteiger partial charge in [0, 0.05) is 12.6 Å². The van der Waals surface area contributed by atoms with Gasteiger partial charge in [0.15, 0.2) is 0 Å². The SMILES string of the molecule is CCC(O)/C(C)=C/CC(C)/C=C1/CN2CCCC2C(C)(O)C1. The average molecular weight is 307 g/mol. The van der Waals surface area contributed by atoms with Crippen molar-refractivity contribution in [2.24, 2.45) is 5.92 Å². The molecule has 2 saturated heterocycles. The quantitative estimate of drug-likeness (QED) is 0.766. The first-order valence-corrected chi connectivity index (χ1v) is 8.84. The van der Waals surface area contributed by atoms with Crippen LogP contribution < -0.4 is 0 Å². The van der Waals surface area contributed by atoms with E-state index in [1.165, 1.54) is 12.0 Å². The topological polar surface area (TPSA) is 43.7 Å². The summed E-state index contributed by atoms with van der Waals surface area (Å²) in [5.74, 6) is 0.448. The van der Waals surface area contributed by atoms with Crippen LogP contribution in [0.15, 0.2) is 23.3 Å². The van der Waals surface area contributed by atoms with Crippen LogP contribution in [0.2, 0.25) is 0 Å². The minimum Gasteiger partial charge on any atom is -0.389 e. The fourth-order valence-electron chi connectivity index (χ4n) is 4.03. The maximum absolute atomic E-state index is 10.7. The molecule has 0 radical (unpaired) electrons. The summed E-state index contributed by atoms with van der Waals surface area (Å²) in [5.41, 5.74) is 1.87. The predicted molar refractivity (Wildman–Crippen MR) is 91.8 cm³/mol. The number of hydrogen-bond donors (Lipinski definition) is 2. The Balaban J connectivity index is 1.97. The highest BCUT2D eigenvalue weighted by Gasteiger charge is 2.43. The van der Waals surface area contributed by atoms with Crippen LogP contribution in [0.4, 0.5) is 0 Å². The van der Waals surface area contributed by atoms with Crippen LogP contribution in [-0.2, 0) is 0 Å². The minimum atomic E-state index is -0.579. The Hall–Kier alpha value is -0.640. The van der Waals surface area contributed by atoms with Crippen molar-refractivity contribution < 1.29 is 10.2 Å². The number of hydrogen-bond acceptors (Lipinski definition) is 3. The molecule has 126 valence electrons. The van der Waals surface area contributed by atoms with Gasteiger partial charge in [0.25, 0.3) is 0 Å². The summed E-state index contributed by atoms with van der Waals surface area (Å²) in [7, 11) is 0. The minimum absolute atomic E-state index is 0.305. The fourth-order valence-corrected chi connectivity index (χ4v) is 4.03. The van der Waals surface area contributed by atoms with Crippen molar-refractivity contribution >= 4 is 0 Å². The van der Waals surface area contributed by atoms with Crippen LogP contribution in [0, 0.1) is 5.92 Å². The molecular formula is C19H33NO2. The van der Waals surface area contributed by atoms with Gasteiger partial charge in [-0.3, -0.25) is 4.90 Å². The summed E-state index contributed by atoms with van der Waals surface area (Å²) in [6, 6.07) is 0.349. The van der Waals surface area contributed by atoms with Crippen molar-refractivity contribution in [2.45, 2.75) is 77.5 Å². The van der Waals surface area contributed by atoms with Crippen molar-refractivity contribution in [3.63, 3.8) is 0 Å². The van der Waals surface area contributed by atoms with Gasteiger partial charge in [0.1, 0.15) is 0 Å². The van der Waals surface area contributed by atoms with Gasteiger partial charge < -0.3 is 10.2 Å². The van der Waals surface area contributed by atoms with Crippen molar-refractivity contribution in [2.75, 3.05) is 13.1 Å². The molecule has 3 heteroatoms. The van der Waals surface area contributed by atoms with E-state index in [0.29, 0.717) is 12.0 Å². The Labute approximate surface area is 135 Å². The second-order valence-corrected chi connectivity index (χ2v) is 7.57. The van der Waals surface area contributed by atoms with Gasteiger partial charge in [0.2, 0.25) is 0 Å². The van der Waals surface area contributed by atoms with Crippen LogP contribution in [0.25, 0.3) is 0 Å². The van der Waals surface area contributed by atoms with E-state index in [0.717, 1.165) is 44.3 Å². The third-order valence-corrected chi connectivity index (χ3v) is 5.32. The number of rotatable bonds is 5. The molecule has 0 aromatic rings. The van der Waals surface area contributed by atoms with Gasteiger partial charge in [-0.05, 0) is 64.0 Å². The maximum atomic E-state index is 10.7. The highest BCUT2D eigenvalue weighted by molar-refractivity contribution is 5.18. The third-order valence-electron chi connectivity index (χ3n) is 5.32. The summed E-state index contributed by atoms with van der Waals surface area (Å²) >= 11 is 0. The Kier molecular flexibility index (Phi) is 5.87. The second kappa shape index (κ2) is 7.29. The third kappa shape index (κ3) is 4.21. The highest BCUT2D eigenvalue weighted by Crippen LogP contribution is 2.37. The molecule has 4 atom stereocenters. The smallest absolute Gasteiger partial charge is 0.0811 e. The molecule has 0 spiro atoms. The lowest BCUT2D eigenvalue weighted by atomic mass is 9.82. The summed E-state index contributed by atoms with van der Waals surface area (Å²) in [4.78, 5) is 2.45. The monoisotopic (exact) mass is 307 g/mol. The number of allylic oxidation sites excluding steroid dienone is 2. The van der Waals surface area contributed by atoms with Gasteiger partial charge in [0.05, 0.1) is 11.7 Å². The first-order chi connectivity index (χ1) is 10.3. The molecule has 0 aromatic carbocycles. The highest BCUT2D eigenvalue weighted by atomic mass is 16.3. The molecule has 2 aliphatic rings. The number of nitrogens with zero attached hydrogens (tertiary/aromatic N) is 1. The van der Waals surface area contributed by atoms with E-state index in [4.69, 9.17) is 0 Å². The molecule has 22 heavy (non-hydrogen) atoms. The maximum Gasteiger partial charge on any atom is 0.0811 e. The lowest BCUT2D eigenvalue weighted by molar-refractivity contribution is -0.0330. The Morgan fingerprint density at radius 2 is 2.23 bits per heavy atom. The normalized spacial score (nSPS) is 34.7. The molecule has 0 bridgehead atoms. The van der Waals surface area contributed by atoms with Crippen LogP contribution in [0.1, 0.15) is 59.8 Å². The van der Waals surface area contributed by atoms with Gasteiger partial charge >= 0.3 is 0 Å². The van der Waals surface area contributed by atoms with E-state index >= 15 is 0 Å². The first kappa shape index (κ1) is 17.7. The largest absolute Gasteiger partial charge is 0.389 e. The summed E-state index contributed by atoms with van der Waals surface area (Å²) in [5, 5.41) is 20.5. The molecule has 2 fully saturated rings. The second-order valence-electron chi connectivity index (χ2n) is 7.57. The number of aliphatic hydroxyl groups excluding tert-OH is 1. The molecule has 0 amide bonds. The molecule has 0 aliphatic carbocycles. The van der Waals surface area contributed by atoms with Crippen molar-refractivity contribution in [3.8, 4) is 0 Å². The standard InChI is InChI=1S/C19H33NO2/c1-5-17(21)15(3)9-8-14(2)11-16-12-19(4,22)18-7-6-10-20(18)13-16/h9,11,14,17-18,21-22H,5-8,10,12-13H2,1-4H3/b15-9+,16-11+. The molecule has 2 N–H and O–H groups in total. The van der Waals surface area contributed by atoms with Crippen LogP contribution >= 0.6 is 0 Å². The van der Waals surface area contributed by atoms with Gasteiger partial charge in [-0.2, -0.15) is 0 Å². The van der Waals surface area contributed by atoms with Gasteiger partial charge in [-0.15, -0.1) is 0 Å². The van der Waals surface area contributed by atoms with Gasteiger partial charge in [-0.1, -0.05) is 31.6 Å². The van der Waals surface area contributed by atoms with Crippen molar-refractivity contribution in [1.29, 1.82) is 0 Å². The number of aliphatic hydroxyl groups is 2. The average Bonchev–Trinajstić information content (AvgIpc) is 2.92. The Morgan fingerprint density at radius 1 is 1.50 bits per heavy atom. The lowest BCUT2D eigenvalue weighted by Gasteiger charge is -2.43. The van der Waals surface area contributed by atoms with E-state index in [9.17, 15) is 10.2 Å². The van der Waals surface area contributed by atoms with Gasteiger partial charge in [-0.25, -0.2) is 0 Å². The predicted octanol–water partition coefficient (Wildman–Crippen LogP) is 3.28. The van der Waals surface area contributed by atoms with Crippen molar-refractivity contribution in [1.82, 2.24) is 4.90 Å². The molecule has 0 saturated carbocycles. The zero-order chi connectivity index (χ0) is 16.3. The summed E-state index contributed by atoms with van der Waals surface area (Å²) in [6.07, 6.45) is 9.07. The fraction of sp³-hybridized carbons (Fsp3) is 0.789. The Morgan fingerprint density at radius 3 is 2.91 bits per heavy atom. The van der Waals surface area contributed by atoms with Crippen molar-refractivity contribution in [3.05, 3.63) is 23.3 Å². The lowest BCUT2D eigenvalue weighted by Crippen LogP contribution is -2.52. The molecule has 2 aliphatic heterocycles. The Bertz CT molecular complexity index is 439. The number of piperidine rings is 1. The molecule has 2 rings (SSSR count). The zero-order valence-electron chi connectivity index (χ0n) is 14.7. The summed E-state index contributed by atoms with van der Waals surface area (Å²) < 4.78 is 0. The molecule has 4 unspecified atom stereocenters. The van der Waals surface area contributed by atoms with Crippen LogP contribution in [0.5, 0.6) is 0 Å². The molecular weight excluding hydrogens is 274 g/mol. The van der Waals surface area contributed by atoms with E-state index < -0.39 is 5.60 Å². The van der Waals surface area contributed by atoms with Crippen LogP contribution in [-0.4, -0.2) is 45.9 Å². The molecule has 2 heterocycles. The van der Waals surface area contributed by atoms with Crippen LogP contribution in [0.3, 0.4) is 0 Å². The molecule has 0 aromatic heterocycles. The van der Waals surface area contributed by atoms with E-state index in [1.54, 1.807) is 0 Å². The first-order valence-electron chi connectivity index (χ1n) is 8.84. The number of fused-ring (bicyclic) bond motifs is 1.